The molecule has 1 aromatic heterocycles. The highest BCUT2D eigenvalue weighted by molar-refractivity contribution is 6.36. The lowest BCUT2D eigenvalue weighted by Crippen LogP contribution is -2.10. The maximum absolute atomic E-state index is 6.35. The number of hydrogen-bond acceptors (Lipinski definition) is 3. The third-order valence-electron chi connectivity index (χ3n) is 3.72. The summed E-state index contributed by atoms with van der Waals surface area (Å²) in [5.41, 5.74) is 8.54. The minimum atomic E-state index is 0.652. The minimum Gasteiger partial charge on any atom is -0.323 e. The molecule has 0 unspecified atom stereocenters. The molecule has 3 aromatic rings. The van der Waals surface area contributed by atoms with Crippen molar-refractivity contribution in [2.24, 2.45) is 5.84 Å². The van der Waals surface area contributed by atoms with Gasteiger partial charge in [-0.3, -0.25) is 5.84 Å². The monoisotopic (exact) mass is 297 g/mol. The first-order valence-electron chi connectivity index (χ1n) is 6.75. The number of fused-ring (bicyclic) bond motifs is 1. The van der Waals surface area contributed by atoms with Gasteiger partial charge in [0.1, 0.15) is 0 Å². The van der Waals surface area contributed by atoms with Crippen LogP contribution < -0.4 is 11.3 Å². The minimum absolute atomic E-state index is 0.652. The van der Waals surface area contributed by atoms with Gasteiger partial charge in [0, 0.05) is 16.5 Å². The molecular formula is C17H16ClN3. The van der Waals surface area contributed by atoms with E-state index < -0.39 is 0 Å². The summed E-state index contributed by atoms with van der Waals surface area (Å²) < 4.78 is 0. The molecule has 1 heterocycles. The standard InChI is InChI=1S/C17H16ClN3/c1-10-8-9-13(18)14-15(10)20-16(11(2)17(14)21-19)12-6-4-3-5-7-12/h3-9H,19H2,1-2H3,(H,20,21). The first-order valence-corrected chi connectivity index (χ1v) is 7.12. The van der Waals surface area contributed by atoms with Crippen LogP contribution in [0.3, 0.4) is 0 Å². The Hall–Kier alpha value is -2.10. The summed E-state index contributed by atoms with van der Waals surface area (Å²) in [6.07, 6.45) is 0. The number of aromatic nitrogens is 1. The zero-order chi connectivity index (χ0) is 15.0. The molecule has 3 N–H and O–H groups in total. The maximum Gasteiger partial charge on any atom is 0.0775 e. The molecule has 0 amide bonds. The predicted octanol–water partition coefficient (Wildman–Crippen LogP) is 4.46. The van der Waals surface area contributed by atoms with Crippen molar-refractivity contribution in [2.75, 3.05) is 5.43 Å². The van der Waals surface area contributed by atoms with E-state index in [1.54, 1.807) is 0 Å². The molecule has 106 valence electrons. The van der Waals surface area contributed by atoms with E-state index in [2.05, 4.69) is 5.43 Å². The zero-order valence-corrected chi connectivity index (χ0v) is 12.7. The zero-order valence-electron chi connectivity index (χ0n) is 11.9. The van der Waals surface area contributed by atoms with Gasteiger partial charge in [0.15, 0.2) is 0 Å². The van der Waals surface area contributed by atoms with Crippen LogP contribution in [0, 0.1) is 13.8 Å². The Bertz CT molecular complexity index is 813. The quantitative estimate of drug-likeness (QED) is 0.542. The molecule has 0 aliphatic rings. The molecule has 3 nitrogen and oxygen atoms in total. The van der Waals surface area contributed by atoms with Gasteiger partial charge in [0.25, 0.3) is 0 Å². The Morgan fingerprint density at radius 1 is 1.05 bits per heavy atom. The largest absolute Gasteiger partial charge is 0.323 e. The van der Waals surface area contributed by atoms with Crippen molar-refractivity contribution in [1.29, 1.82) is 0 Å². The molecule has 0 saturated carbocycles. The van der Waals surface area contributed by atoms with Gasteiger partial charge in [-0.25, -0.2) is 4.98 Å². The number of benzene rings is 2. The van der Waals surface area contributed by atoms with Crippen molar-refractivity contribution < 1.29 is 0 Å². The van der Waals surface area contributed by atoms with Gasteiger partial charge in [-0.2, -0.15) is 0 Å². The Morgan fingerprint density at radius 2 is 1.76 bits per heavy atom. The number of pyridine rings is 1. The normalized spacial score (nSPS) is 10.9. The fourth-order valence-electron chi connectivity index (χ4n) is 2.61. The molecule has 0 fully saturated rings. The number of anilines is 1. The van der Waals surface area contributed by atoms with Crippen LogP contribution in [0.15, 0.2) is 42.5 Å². The van der Waals surface area contributed by atoms with Gasteiger partial charge in [-0.1, -0.05) is 48.0 Å². The lowest BCUT2D eigenvalue weighted by molar-refractivity contribution is 1.27. The lowest BCUT2D eigenvalue weighted by atomic mass is 10.0. The summed E-state index contributed by atoms with van der Waals surface area (Å²) >= 11 is 6.35. The van der Waals surface area contributed by atoms with Crippen molar-refractivity contribution in [2.45, 2.75) is 13.8 Å². The van der Waals surface area contributed by atoms with Crippen molar-refractivity contribution >= 4 is 28.2 Å². The molecule has 0 radical (unpaired) electrons. The second-order valence-electron chi connectivity index (χ2n) is 5.06. The van der Waals surface area contributed by atoms with Gasteiger partial charge in [0.2, 0.25) is 0 Å². The number of rotatable bonds is 2. The van der Waals surface area contributed by atoms with Gasteiger partial charge in [-0.05, 0) is 25.5 Å². The molecule has 0 saturated heterocycles. The van der Waals surface area contributed by atoms with Crippen LogP contribution in [-0.2, 0) is 0 Å². The van der Waals surface area contributed by atoms with Crippen LogP contribution in [0.25, 0.3) is 22.2 Å². The molecule has 21 heavy (non-hydrogen) atoms. The number of nitrogens with zero attached hydrogens (tertiary/aromatic N) is 1. The SMILES string of the molecule is Cc1c(-c2ccccc2)nc2c(C)ccc(Cl)c2c1NN. The van der Waals surface area contributed by atoms with E-state index in [-0.39, 0.29) is 0 Å². The van der Waals surface area contributed by atoms with Gasteiger partial charge >= 0.3 is 0 Å². The van der Waals surface area contributed by atoms with Crippen molar-refractivity contribution in [3.63, 3.8) is 0 Å². The summed E-state index contributed by atoms with van der Waals surface area (Å²) in [4.78, 5) is 4.83. The summed E-state index contributed by atoms with van der Waals surface area (Å²) in [5.74, 6) is 5.75. The fraction of sp³-hybridized carbons (Fsp3) is 0.118. The smallest absolute Gasteiger partial charge is 0.0775 e. The number of halogens is 1. The molecule has 0 atom stereocenters. The first-order chi connectivity index (χ1) is 10.1. The van der Waals surface area contributed by atoms with Crippen molar-refractivity contribution in [3.8, 4) is 11.3 Å². The number of nitrogens with two attached hydrogens (primary N) is 1. The van der Waals surface area contributed by atoms with Crippen molar-refractivity contribution in [1.82, 2.24) is 4.98 Å². The Balaban J connectivity index is 2.44. The highest BCUT2D eigenvalue weighted by atomic mass is 35.5. The average molecular weight is 298 g/mol. The molecule has 3 rings (SSSR count). The van der Waals surface area contributed by atoms with E-state index in [0.717, 1.165) is 39.0 Å². The average Bonchev–Trinajstić information content (AvgIpc) is 2.51. The van der Waals surface area contributed by atoms with Gasteiger partial charge in [0.05, 0.1) is 21.9 Å². The summed E-state index contributed by atoms with van der Waals surface area (Å²) in [7, 11) is 0. The maximum atomic E-state index is 6.35. The number of hydrazine groups is 1. The summed E-state index contributed by atoms with van der Waals surface area (Å²) in [6.45, 7) is 4.03. The summed E-state index contributed by atoms with van der Waals surface area (Å²) in [6, 6.07) is 13.9. The van der Waals surface area contributed by atoms with E-state index in [1.165, 1.54) is 0 Å². The van der Waals surface area contributed by atoms with Crippen LogP contribution in [0.1, 0.15) is 11.1 Å². The highest BCUT2D eigenvalue weighted by Crippen LogP contribution is 2.37. The molecule has 0 bridgehead atoms. The van der Waals surface area contributed by atoms with Crippen LogP contribution in [-0.4, -0.2) is 4.98 Å². The second-order valence-corrected chi connectivity index (χ2v) is 5.47. The first kappa shape index (κ1) is 13.9. The second kappa shape index (κ2) is 5.35. The Morgan fingerprint density at radius 3 is 2.43 bits per heavy atom. The molecular weight excluding hydrogens is 282 g/mol. The molecule has 0 aliphatic heterocycles. The number of aryl methyl sites for hydroxylation is 1. The third kappa shape index (κ3) is 2.24. The van der Waals surface area contributed by atoms with E-state index in [9.17, 15) is 0 Å². The molecule has 2 aromatic carbocycles. The predicted molar refractivity (Wildman–Crippen MR) is 89.5 cm³/mol. The van der Waals surface area contributed by atoms with Crippen molar-refractivity contribution in [3.05, 3.63) is 58.6 Å². The molecule has 0 aliphatic carbocycles. The number of nitrogen functional groups attached to an aromatic ring is 1. The molecule has 0 spiro atoms. The van der Waals surface area contributed by atoms with Gasteiger partial charge in [-0.15, -0.1) is 0 Å². The van der Waals surface area contributed by atoms with E-state index in [4.69, 9.17) is 22.4 Å². The Kier molecular flexibility index (Phi) is 3.53. The highest BCUT2D eigenvalue weighted by Gasteiger charge is 2.16. The van der Waals surface area contributed by atoms with Gasteiger partial charge < -0.3 is 5.43 Å². The van der Waals surface area contributed by atoms with Crippen LogP contribution in [0.5, 0.6) is 0 Å². The van der Waals surface area contributed by atoms with E-state index in [0.29, 0.717) is 5.02 Å². The van der Waals surface area contributed by atoms with E-state index in [1.807, 2.05) is 56.3 Å². The number of hydrogen-bond donors (Lipinski definition) is 2. The van der Waals surface area contributed by atoms with E-state index >= 15 is 0 Å². The molecule has 4 heteroatoms. The van der Waals surface area contributed by atoms with Crippen LogP contribution >= 0.6 is 11.6 Å². The lowest BCUT2D eigenvalue weighted by Gasteiger charge is -2.16. The third-order valence-corrected chi connectivity index (χ3v) is 4.04. The summed E-state index contributed by atoms with van der Waals surface area (Å²) in [5, 5.41) is 1.52. The van der Waals surface area contributed by atoms with Crippen LogP contribution in [0.2, 0.25) is 5.02 Å². The topological polar surface area (TPSA) is 50.9 Å². The number of nitrogens with one attached hydrogen (secondary N) is 1. The van der Waals surface area contributed by atoms with Crippen LogP contribution in [0.4, 0.5) is 5.69 Å². The fourth-order valence-corrected chi connectivity index (χ4v) is 2.86. The Labute approximate surface area is 128 Å².